The molecule has 0 bridgehead atoms. The van der Waals surface area contributed by atoms with E-state index in [4.69, 9.17) is 0 Å². The number of aliphatic hydroxyl groups excluding tert-OH is 1. The van der Waals surface area contributed by atoms with E-state index in [9.17, 15) is 18.3 Å². The molecule has 2 rings (SSSR count). The molecule has 0 radical (unpaired) electrons. The molecular formula is C16H22F3NO. The highest BCUT2D eigenvalue weighted by Gasteiger charge is 2.31. The molecule has 0 unspecified atom stereocenters. The molecule has 118 valence electrons. The van der Waals surface area contributed by atoms with E-state index < -0.39 is 11.7 Å². The predicted octanol–water partition coefficient (Wildman–Crippen LogP) is 3.34. The second-order valence-corrected chi connectivity index (χ2v) is 6.30. The van der Waals surface area contributed by atoms with Crippen molar-refractivity contribution in [2.75, 3.05) is 26.2 Å². The summed E-state index contributed by atoms with van der Waals surface area (Å²) in [6, 6.07) is 5.54. The lowest BCUT2D eigenvalue weighted by Crippen LogP contribution is -2.44. The number of hydrogen-bond acceptors (Lipinski definition) is 2. The van der Waals surface area contributed by atoms with E-state index >= 15 is 0 Å². The Kier molecular flexibility index (Phi) is 4.94. The van der Waals surface area contributed by atoms with Crippen LogP contribution < -0.4 is 0 Å². The van der Waals surface area contributed by atoms with Gasteiger partial charge in [-0.1, -0.05) is 25.1 Å². The van der Waals surface area contributed by atoms with E-state index in [2.05, 4.69) is 11.8 Å². The third kappa shape index (κ3) is 4.45. The highest BCUT2D eigenvalue weighted by atomic mass is 19.4. The summed E-state index contributed by atoms with van der Waals surface area (Å²) in [5, 5.41) is 9.43. The van der Waals surface area contributed by atoms with Gasteiger partial charge in [0.25, 0.3) is 0 Å². The number of nitrogens with zero attached hydrogens (tertiary/aromatic N) is 1. The minimum absolute atomic E-state index is 0.0773. The van der Waals surface area contributed by atoms with Crippen molar-refractivity contribution < 1.29 is 18.3 Å². The molecule has 0 aliphatic carbocycles. The molecule has 0 saturated carbocycles. The molecule has 1 saturated heterocycles. The maximum atomic E-state index is 12.7. The Bertz CT molecular complexity index is 475. The summed E-state index contributed by atoms with van der Waals surface area (Å²) < 4.78 is 38.0. The summed E-state index contributed by atoms with van der Waals surface area (Å²) in [7, 11) is 0. The van der Waals surface area contributed by atoms with Gasteiger partial charge in [-0.05, 0) is 37.4 Å². The van der Waals surface area contributed by atoms with E-state index in [1.807, 2.05) is 0 Å². The van der Waals surface area contributed by atoms with Gasteiger partial charge >= 0.3 is 6.18 Å². The summed E-state index contributed by atoms with van der Waals surface area (Å²) >= 11 is 0. The highest BCUT2D eigenvalue weighted by Crippen LogP contribution is 2.30. The van der Waals surface area contributed by atoms with Crippen LogP contribution in [0, 0.1) is 5.41 Å². The van der Waals surface area contributed by atoms with Crippen LogP contribution in [0.5, 0.6) is 0 Å². The lowest BCUT2D eigenvalue weighted by molar-refractivity contribution is -0.137. The van der Waals surface area contributed by atoms with Gasteiger partial charge in [0.1, 0.15) is 0 Å². The van der Waals surface area contributed by atoms with Crippen molar-refractivity contribution in [2.45, 2.75) is 32.4 Å². The number of piperidine rings is 1. The van der Waals surface area contributed by atoms with Crippen molar-refractivity contribution in [3.05, 3.63) is 35.4 Å². The Labute approximate surface area is 123 Å². The molecule has 1 N–H and O–H groups in total. The van der Waals surface area contributed by atoms with Crippen molar-refractivity contribution in [1.29, 1.82) is 0 Å². The van der Waals surface area contributed by atoms with Crippen LogP contribution in [-0.4, -0.2) is 36.2 Å². The smallest absolute Gasteiger partial charge is 0.396 e. The van der Waals surface area contributed by atoms with Crippen LogP contribution >= 0.6 is 0 Å². The second kappa shape index (κ2) is 6.36. The lowest BCUT2D eigenvalue weighted by Gasteiger charge is -2.39. The van der Waals surface area contributed by atoms with E-state index in [0.717, 1.165) is 38.5 Å². The van der Waals surface area contributed by atoms with Crippen LogP contribution in [0.25, 0.3) is 0 Å². The van der Waals surface area contributed by atoms with Crippen molar-refractivity contribution in [3.8, 4) is 0 Å². The number of rotatable bonds is 4. The molecule has 0 amide bonds. The Morgan fingerprint density at radius 1 is 1.33 bits per heavy atom. The minimum Gasteiger partial charge on any atom is -0.396 e. The Morgan fingerprint density at radius 3 is 2.76 bits per heavy atom. The van der Waals surface area contributed by atoms with Crippen LogP contribution in [0.15, 0.2) is 24.3 Å². The fourth-order valence-corrected chi connectivity index (χ4v) is 2.94. The summed E-state index contributed by atoms with van der Waals surface area (Å²) in [6.07, 6.45) is -1.65. The van der Waals surface area contributed by atoms with Crippen molar-refractivity contribution in [3.63, 3.8) is 0 Å². The van der Waals surface area contributed by atoms with Gasteiger partial charge in [0.15, 0.2) is 0 Å². The second-order valence-electron chi connectivity index (χ2n) is 6.30. The fourth-order valence-electron chi connectivity index (χ4n) is 2.94. The first kappa shape index (κ1) is 16.3. The van der Waals surface area contributed by atoms with Gasteiger partial charge in [0.05, 0.1) is 5.56 Å². The number of alkyl halides is 3. The van der Waals surface area contributed by atoms with Gasteiger partial charge < -0.3 is 10.0 Å². The van der Waals surface area contributed by atoms with Crippen LogP contribution in [0.1, 0.15) is 30.9 Å². The zero-order chi connectivity index (χ0) is 15.5. The number of likely N-dealkylation sites (tertiary alicyclic amines) is 1. The number of hydrogen-bond donors (Lipinski definition) is 1. The van der Waals surface area contributed by atoms with Gasteiger partial charge in [-0.15, -0.1) is 0 Å². The zero-order valence-corrected chi connectivity index (χ0v) is 12.3. The molecule has 1 fully saturated rings. The SMILES string of the molecule is C[C@@]1(CO)CCCN(CCc2cccc(C(F)(F)F)c2)C1. The molecule has 0 spiro atoms. The molecule has 1 atom stereocenters. The molecule has 1 heterocycles. The van der Waals surface area contributed by atoms with Crippen LogP contribution in [-0.2, 0) is 12.6 Å². The predicted molar refractivity (Wildman–Crippen MR) is 76.0 cm³/mol. The lowest BCUT2D eigenvalue weighted by atomic mass is 9.83. The third-order valence-electron chi connectivity index (χ3n) is 4.21. The maximum absolute atomic E-state index is 12.7. The highest BCUT2D eigenvalue weighted by molar-refractivity contribution is 5.25. The Morgan fingerprint density at radius 2 is 2.10 bits per heavy atom. The average molecular weight is 301 g/mol. The van der Waals surface area contributed by atoms with Crippen LogP contribution in [0.3, 0.4) is 0 Å². The van der Waals surface area contributed by atoms with Crippen molar-refractivity contribution in [1.82, 2.24) is 4.90 Å². The normalized spacial score (nSPS) is 24.2. The summed E-state index contributed by atoms with van der Waals surface area (Å²) in [5.41, 5.74) is 0.0476. The molecule has 5 heteroatoms. The average Bonchev–Trinajstić information content (AvgIpc) is 2.45. The molecule has 1 aromatic rings. The first-order valence-corrected chi connectivity index (χ1v) is 7.32. The van der Waals surface area contributed by atoms with Gasteiger partial charge in [0, 0.05) is 25.1 Å². The Hall–Kier alpha value is -1.07. The molecule has 21 heavy (non-hydrogen) atoms. The van der Waals surface area contributed by atoms with E-state index in [-0.39, 0.29) is 12.0 Å². The standard InChI is InChI=1S/C16H22F3NO/c1-15(12-21)7-3-8-20(11-15)9-6-13-4-2-5-14(10-13)16(17,18)19/h2,4-5,10,21H,3,6-9,11-12H2,1H3/t15-/m1/s1. The largest absolute Gasteiger partial charge is 0.416 e. The molecule has 0 aromatic heterocycles. The first-order chi connectivity index (χ1) is 9.82. The van der Waals surface area contributed by atoms with Crippen LogP contribution in [0.2, 0.25) is 0 Å². The first-order valence-electron chi connectivity index (χ1n) is 7.32. The van der Waals surface area contributed by atoms with Crippen LogP contribution in [0.4, 0.5) is 13.2 Å². The maximum Gasteiger partial charge on any atom is 0.416 e. The zero-order valence-electron chi connectivity index (χ0n) is 12.3. The van der Waals surface area contributed by atoms with Gasteiger partial charge in [-0.2, -0.15) is 13.2 Å². The van der Waals surface area contributed by atoms with Crippen molar-refractivity contribution >= 4 is 0 Å². The number of halogens is 3. The minimum atomic E-state index is -4.28. The summed E-state index contributed by atoms with van der Waals surface area (Å²) in [5.74, 6) is 0. The Balaban J connectivity index is 1.94. The van der Waals surface area contributed by atoms with Crippen molar-refractivity contribution in [2.24, 2.45) is 5.41 Å². The summed E-state index contributed by atoms with van der Waals surface area (Å²) in [6.45, 7) is 4.71. The topological polar surface area (TPSA) is 23.5 Å². The van der Waals surface area contributed by atoms with Gasteiger partial charge in [-0.3, -0.25) is 0 Å². The summed E-state index contributed by atoms with van der Waals surface area (Å²) in [4.78, 5) is 2.24. The molecular weight excluding hydrogens is 279 g/mol. The molecule has 2 nitrogen and oxygen atoms in total. The van der Waals surface area contributed by atoms with E-state index in [1.54, 1.807) is 6.07 Å². The number of benzene rings is 1. The molecule has 1 aliphatic heterocycles. The monoisotopic (exact) mass is 301 g/mol. The fraction of sp³-hybridized carbons (Fsp3) is 0.625. The van der Waals surface area contributed by atoms with Gasteiger partial charge in [0.2, 0.25) is 0 Å². The molecule has 1 aliphatic rings. The quantitative estimate of drug-likeness (QED) is 0.922. The van der Waals surface area contributed by atoms with E-state index in [0.29, 0.717) is 12.0 Å². The van der Waals surface area contributed by atoms with E-state index in [1.165, 1.54) is 12.1 Å². The van der Waals surface area contributed by atoms with Gasteiger partial charge in [-0.25, -0.2) is 0 Å². The number of aliphatic hydroxyl groups is 1. The molecule has 1 aromatic carbocycles. The third-order valence-corrected chi connectivity index (χ3v) is 4.21.